The van der Waals surface area contributed by atoms with Crippen molar-refractivity contribution in [2.24, 2.45) is 0 Å². The summed E-state index contributed by atoms with van der Waals surface area (Å²) in [6.45, 7) is 1.23. The van der Waals surface area contributed by atoms with E-state index in [9.17, 15) is 18.7 Å². The molecule has 128 valence electrons. The number of ketones is 1. The van der Waals surface area contributed by atoms with Gasteiger partial charge in [0.15, 0.2) is 17.4 Å². The first kappa shape index (κ1) is 17.9. The van der Waals surface area contributed by atoms with Gasteiger partial charge in [0.2, 0.25) is 0 Å². The fraction of sp³-hybridized carbons (Fsp3) is 0.278. The zero-order chi connectivity index (χ0) is 17.9. The summed E-state index contributed by atoms with van der Waals surface area (Å²) in [6, 6.07) is 8.28. The van der Waals surface area contributed by atoms with Crippen LogP contribution in [-0.4, -0.2) is 31.6 Å². The zero-order valence-electron chi connectivity index (χ0n) is 13.7. The molecule has 0 aromatic heterocycles. The van der Waals surface area contributed by atoms with Crippen molar-refractivity contribution in [1.82, 2.24) is 0 Å². The minimum Gasteiger partial charge on any atom is -0.490 e. The van der Waals surface area contributed by atoms with Crippen LogP contribution in [0.4, 0.5) is 14.5 Å². The number of rotatable bonds is 6. The Morgan fingerprint density at radius 1 is 1.17 bits per heavy atom. The summed E-state index contributed by atoms with van der Waals surface area (Å²) in [5.74, 6) is -1.86. The number of carbonyl (C=O) groups excluding carboxylic acids is 1. The highest BCUT2D eigenvalue weighted by Gasteiger charge is 2.15. The molecule has 2 aromatic rings. The van der Waals surface area contributed by atoms with Gasteiger partial charge in [0.25, 0.3) is 0 Å². The first-order chi connectivity index (χ1) is 11.3. The van der Waals surface area contributed by atoms with Gasteiger partial charge in [-0.2, -0.15) is 0 Å². The lowest BCUT2D eigenvalue weighted by Gasteiger charge is -2.18. The van der Waals surface area contributed by atoms with Gasteiger partial charge in [-0.05, 0) is 36.8 Å². The molecule has 1 N–H and O–H groups in total. The molecule has 0 heterocycles. The third kappa shape index (κ3) is 4.08. The molecule has 0 radical (unpaired) electrons. The number of aliphatic hydroxyl groups excluding tert-OH is 1. The van der Waals surface area contributed by atoms with Gasteiger partial charge >= 0.3 is 0 Å². The monoisotopic (exact) mass is 335 g/mol. The fourth-order valence-corrected chi connectivity index (χ4v) is 2.18. The van der Waals surface area contributed by atoms with Gasteiger partial charge in [-0.15, -0.1) is 0 Å². The Hall–Kier alpha value is -2.47. The van der Waals surface area contributed by atoms with E-state index in [1.54, 1.807) is 18.2 Å². The van der Waals surface area contributed by atoms with Crippen LogP contribution in [0.3, 0.4) is 0 Å². The van der Waals surface area contributed by atoms with Gasteiger partial charge in [0, 0.05) is 25.8 Å². The molecule has 0 fully saturated rings. The van der Waals surface area contributed by atoms with Crippen LogP contribution in [0.5, 0.6) is 5.75 Å². The molecule has 6 heteroatoms. The van der Waals surface area contributed by atoms with Crippen LogP contribution in [-0.2, 0) is 0 Å². The van der Waals surface area contributed by atoms with E-state index < -0.39 is 17.7 Å². The van der Waals surface area contributed by atoms with Crippen molar-refractivity contribution >= 4 is 11.5 Å². The summed E-state index contributed by atoms with van der Waals surface area (Å²) in [4.78, 5) is 13.5. The number of ether oxygens (including phenoxy) is 1. The molecule has 24 heavy (non-hydrogen) atoms. The first-order valence-corrected chi connectivity index (χ1v) is 7.37. The molecule has 0 aliphatic heterocycles. The Bertz CT molecular complexity index is 747. The summed E-state index contributed by atoms with van der Waals surface area (Å²) in [5, 5.41) is 10.1. The van der Waals surface area contributed by atoms with Crippen LogP contribution >= 0.6 is 0 Å². The Kier molecular flexibility index (Phi) is 5.51. The fourth-order valence-electron chi connectivity index (χ4n) is 2.18. The summed E-state index contributed by atoms with van der Waals surface area (Å²) >= 11 is 0. The van der Waals surface area contributed by atoms with Gasteiger partial charge in [0.1, 0.15) is 18.5 Å². The predicted molar refractivity (Wildman–Crippen MR) is 87.6 cm³/mol. The second-order valence-electron chi connectivity index (χ2n) is 5.63. The van der Waals surface area contributed by atoms with E-state index in [1.807, 2.05) is 19.0 Å². The van der Waals surface area contributed by atoms with Crippen LogP contribution in [0.15, 0.2) is 36.4 Å². The van der Waals surface area contributed by atoms with Gasteiger partial charge in [-0.3, -0.25) is 4.79 Å². The Morgan fingerprint density at radius 3 is 2.46 bits per heavy atom. The second kappa shape index (κ2) is 7.40. The molecule has 2 aromatic carbocycles. The average molecular weight is 335 g/mol. The maximum atomic E-state index is 13.2. The van der Waals surface area contributed by atoms with E-state index in [1.165, 1.54) is 13.0 Å². The van der Waals surface area contributed by atoms with E-state index in [0.29, 0.717) is 11.3 Å². The van der Waals surface area contributed by atoms with Crippen molar-refractivity contribution in [3.8, 4) is 5.75 Å². The second-order valence-corrected chi connectivity index (χ2v) is 5.63. The van der Waals surface area contributed by atoms with Gasteiger partial charge in [-0.25, -0.2) is 8.78 Å². The van der Waals surface area contributed by atoms with Crippen molar-refractivity contribution in [1.29, 1.82) is 0 Å². The highest BCUT2D eigenvalue weighted by Crippen LogP contribution is 2.27. The van der Waals surface area contributed by atoms with Crippen LogP contribution in [0, 0.1) is 11.6 Å². The number of halogens is 2. The average Bonchev–Trinajstić information content (AvgIpc) is 2.54. The lowest BCUT2D eigenvalue weighted by atomic mass is 10.1. The summed E-state index contributed by atoms with van der Waals surface area (Å²) in [5.41, 5.74) is 1.41. The number of Topliss-reactive ketones (excluding diaryl/α,β-unsaturated/α-hetero) is 1. The van der Waals surface area contributed by atoms with Crippen LogP contribution in [0.2, 0.25) is 0 Å². The van der Waals surface area contributed by atoms with Crippen LogP contribution in [0.1, 0.15) is 28.9 Å². The number of carbonyl (C=O) groups is 1. The highest BCUT2D eigenvalue weighted by atomic mass is 19.2. The normalized spacial score (nSPS) is 11.9. The van der Waals surface area contributed by atoms with Crippen molar-refractivity contribution in [3.05, 3.63) is 59.2 Å². The lowest BCUT2D eigenvalue weighted by Crippen LogP contribution is -2.13. The summed E-state index contributed by atoms with van der Waals surface area (Å²) in [7, 11) is 3.70. The Labute approximate surface area is 139 Å². The Balaban J connectivity index is 2.19. The zero-order valence-corrected chi connectivity index (χ0v) is 13.7. The number of anilines is 1. The molecule has 0 aliphatic carbocycles. The molecular formula is C18H19F2NO3. The van der Waals surface area contributed by atoms with Gasteiger partial charge < -0.3 is 14.7 Å². The van der Waals surface area contributed by atoms with Gasteiger partial charge in [-0.1, -0.05) is 6.07 Å². The number of benzene rings is 2. The highest BCUT2D eigenvalue weighted by molar-refractivity contribution is 5.97. The summed E-state index contributed by atoms with van der Waals surface area (Å²) < 4.78 is 31.7. The largest absolute Gasteiger partial charge is 0.490 e. The predicted octanol–water partition coefficient (Wildman–Crippen LogP) is 3.35. The molecule has 0 aliphatic rings. The quantitative estimate of drug-likeness (QED) is 0.823. The van der Waals surface area contributed by atoms with Crippen molar-refractivity contribution < 1.29 is 23.4 Å². The molecule has 0 saturated carbocycles. The first-order valence-electron chi connectivity index (χ1n) is 7.37. The molecule has 0 saturated heterocycles. The van der Waals surface area contributed by atoms with Crippen molar-refractivity contribution in [3.63, 3.8) is 0 Å². The topological polar surface area (TPSA) is 49.8 Å². The van der Waals surface area contributed by atoms with Crippen molar-refractivity contribution in [2.75, 3.05) is 25.6 Å². The minimum atomic E-state index is -1.15. The smallest absolute Gasteiger partial charge is 0.163 e. The standard InChI is InChI=1S/C18H19F2NO3/c1-11(22)14-6-5-13(21(2)3)9-18(14)24-10-17(23)12-4-7-15(19)16(20)8-12/h4-9,17,23H,10H2,1-3H3. The maximum Gasteiger partial charge on any atom is 0.163 e. The molecule has 0 bridgehead atoms. The molecule has 4 nitrogen and oxygen atoms in total. The number of nitrogens with zero attached hydrogens (tertiary/aromatic N) is 1. The SMILES string of the molecule is CC(=O)c1ccc(N(C)C)cc1OCC(O)c1ccc(F)c(F)c1. The third-order valence-electron chi connectivity index (χ3n) is 3.59. The van der Waals surface area contributed by atoms with Crippen LogP contribution < -0.4 is 9.64 Å². The van der Waals surface area contributed by atoms with E-state index in [0.717, 1.165) is 17.8 Å². The number of hydrogen-bond donors (Lipinski definition) is 1. The molecule has 0 spiro atoms. The molecule has 1 atom stereocenters. The Morgan fingerprint density at radius 2 is 1.88 bits per heavy atom. The molecule has 2 rings (SSSR count). The van der Waals surface area contributed by atoms with Crippen molar-refractivity contribution in [2.45, 2.75) is 13.0 Å². The van der Waals surface area contributed by atoms with Gasteiger partial charge in [0.05, 0.1) is 5.56 Å². The maximum absolute atomic E-state index is 13.2. The van der Waals surface area contributed by atoms with E-state index in [4.69, 9.17) is 4.74 Å². The molecular weight excluding hydrogens is 316 g/mol. The van der Waals surface area contributed by atoms with E-state index in [2.05, 4.69) is 0 Å². The number of hydrogen-bond acceptors (Lipinski definition) is 4. The minimum absolute atomic E-state index is 0.169. The molecule has 1 unspecified atom stereocenters. The van der Waals surface area contributed by atoms with E-state index >= 15 is 0 Å². The van der Waals surface area contributed by atoms with Crippen LogP contribution in [0.25, 0.3) is 0 Å². The molecule has 0 amide bonds. The summed E-state index contributed by atoms with van der Waals surface area (Å²) in [6.07, 6.45) is -1.15. The number of aliphatic hydroxyl groups is 1. The van der Waals surface area contributed by atoms with E-state index in [-0.39, 0.29) is 18.0 Å². The third-order valence-corrected chi connectivity index (χ3v) is 3.59. The lowest BCUT2D eigenvalue weighted by molar-refractivity contribution is 0.0976.